The molecule has 2 aromatic carbocycles. The van der Waals surface area contributed by atoms with Gasteiger partial charge in [-0.05, 0) is 49.6 Å². The summed E-state index contributed by atoms with van der Waals surface area (Å²) in [4.78, 5) is 2.45. The van der Waals surface area contributed by atoms with Crippen molar-refractivity contribution in [2.45, 2.75) is 51.3 Å². The van der Waals surface area contributed by atoms with E-state index in [1.165, 1.54) is 6.42 Å². The third-order valence-corrected chi connectivity index (χ3v) is 5.44. The molecular formula is C23H27N2O3. The highest BCUT2D eigenvalue weighted by molar-refractivity contribution is 5.79. The number of aromatic nitrogens is 1. The minimum atomic E-state index is -0.0398. The number of likely N-dealkylation sites (tertiary alicyclic amines) is 1. The molecule has 2 heterocycles. The number of hydrogen-bond donors (Lipinski definition) is 0. The molecule has 0 spiro atoms. The van der Waals surface area contributed by atoms with Crippen LogP contribution in [-0.2, 0) is 0 Å². The van der Waals surface area contributed by atoms with Crippen molar-refractivity contribution in [2.75, 3.05) is 13.7 Å². The molecule has 3 aromatic rings. The van der Waals surface area contributed by atoms with Crippen molar-refractivity contribution >= 4 is 11.0 Å². The summed E-state index contributed by atoms with van der Waals surface area (Å²) in [5.74, 6) is 1.47. The molecule has 0 aliphatic carbocycles. The van der Waals surface area contributed by atoms with E-state index < -0.39 is 0 Å². The minimum Gasteiger partial charge on any atom is -0.493 e. The van der Waals surface area contributed by atoms with Crippen LogP contribution in [0, 0.1) is 6.07 Å². The zero-order valence-corrected chi connectivity index (χ0v) is 16.6. The van der Waals surface area contributed by atoms with E-state index in [-0.39, 0.29) is 12.3 Å². The summed E-state index contributed by atoms with van der Waals surface area (Å²) in [5.41, 5.74) is 1.87. The van der Waals surface area contributed by atoms with E-state index in [4.69, 9.17) is 14.0 Å². The first-order chi connectivity index (χ1) is 13.8. The largest absolute Gasteiger partial charge is 0.493 e. The Bertz CT molecular complexity index is 908. The molecule has 0 bridgehead atoms. The molecule has 5 heteroatoms. The van der Waals surface area contributed by atoms with E-state index >= 15 is 0 Å². The zero-order valence-electron chi connectivity index (χ0n) is 16.6. The molecule has 0 saturated carbocycles. The maximum absolute atomic E-state index is 6.48. The number of rotatable bonds is 7. The summed E-state index contributed by atoms with van der Waals surface area (Å²) in [7, 11) is 1.66. The van der Waals surface area contributed by atoms with Crippen molar-refractivity contribution in [3.05, 3.63) is 54.2 Å². The van der Waals surface area contributed by atoms with Crippen molar-refractivity contribution in [1.29, 1.82) is 0 Å². The second-order valence-corrected chi connectivity index (χ2v) is 7.25. The maximum atomic E-state index is 6.48. The summed E-state index contributed by atoms with van der Waals surface area (Å²) in [6.07, 6.45) is 5.34. The molecule has 4 rings (SSSR count). The summed E-state index contributed by atoms with van der Waals surface area (Å²) in [5, 5.41) is 5.55. The topological polar surface area (TPSA) is 47.7 Å². The van der Waals surface area contributed by atoms with Gasteiger partial charge in [-0.3, -0.25) is 4.90 Å². The quantitative estimate of drug-likeness (QED) is 0.552. The molecule has 1 saturated heterocycles. The minimum absolute atomic E-state index is 0.0398. The van der Waals surface area contributed by atoms with E-state index in [1.54, 1.807) is 7.11 Å². The number of methoxy groups -OCH3 is 1. The average Bonchev–Trinajstić information content (AvgIpc) is 3.18. The normalized spacial score (nSPS) is 18.9. The molecule has 1 aromatic heterocycles. The van der Waals surface area contributed by atoms with Crippen LogP contribution < -0.4 is 9.47 Å². The number of piperidine rings is 1. The first-order valence-corrected chi connectivity index (χ1v) is 10.1. The van der Waals surface area contributed by atoms with Crippen molar-refractivity contribution < 1.29 is 14.0 Å². The van der Waals surface area contributed by atoms with Crippen LogP contribution in [0.15, 0.2) is 47.0 Å². The van der Waals surface area contributed by atoms with Gasteiger partial charge in [-0.15, -0.1) is 0 Å². The smallest absolute Gasteiger partial charge is 0.167 e. The van der Waals surface area contributed by atoms with Gasteiger partial charge in [0.2, 0.25) is 0 Å². The Kier molecular flexibility index (Phi) is 5.81. The van der Waals surface area contributed by atoms with Gasteiger partial charge >= 0.3 is 0 Å². The maximum Gasteiger partial charge on any atom is 0.167 e. The van der Waals surface area contributed by atoms with Gasteiger partial charge in [0.05, 0.1) is 13.2 Å². The van der Waals surface area contributed by atoms with Crippen LogP contribution >= 0.6 is 0 Å². The number of para-hydroxylation sites is 1. The summed E-state index contributed by atoms with van der Waals surface area (Å²) in [6, 6.07) is 16.9. The van der Waals surface area contributed by atoms with Crippen molar-refractivity contribution in [3.8, 4) is 11.5 Å². The van der Waals surface area contributed by atoms with Crippen LogP contribution in [0.25, 0.3) is 11.0 Å². The predicted molar refractivity (Wildman–Crippen MR) is 108 cm³/mol. The lowest BCUT2D eigenvalue weighted by Gasteiger charge is -2.40. The third kappa shape index (κ3) is 3.72. The summed E-state index contributed by atoms with van der Waals surface area (Å²) in [6.45, 7) is 3.18. The number of hydrogen-bond acceptors (Lipinski definition) is 5. The molecular weight excluding hydrogens is 352 g/mol. The molecule has 1 radical (unpaired) electrons. The van der Waals surface area contributed by atoms with Crippen LogP contribution in [0.4, 0.5) is 0 Å². The van der Waals surface area contributed by atoms with Gasteiger partial charge in [-0.25, -0.2) is 0 Å². The Morgan fingerprint density at radius 3 is 3.00 bits per heavy atom. The summed E-state index contributed by atoms with van der Waals surface area (Å²) < 4.78 is 17.5. The lowest BCUT2D eigenvalue weighted by Crippen LogP contribution is -2.44. The fourth-order valence-corrected chi connectivity index (χ4v) is 4.08. The van der Waals surface area contributed by atoms with Gasteiger partial charge in [0.1, 0.15) is 5.69 Å². The number of nitrogens with zero attached hydrogens (tertiary/aromatic N) is 2. The second-order valence-electron chi connectivity index (χ2n) is 7.25. The van der Waals surface area contributed by atoms with Crippen LogP contribution in [-0.4, -0.2) is 29.9 Å². The Labute approximate surface area is 166 Å². The zero-order chi connectivity index (χ0) is 19.3. The molecule has 5 nitrogen and oxygen atoms in total. The van der Waals surface area contributed by atoms with Crippen LogP contribution in [0.2, 0.25) is 0 Å². The lowest BCUT2D eigenvalue weighted by atomic mass is 9.96. The molecule has 0 N–H and O–H groups in total. The molecule has 28 heavy (non-hydrogen) atoms. The Morgan fingerprint density at radius 1 is 1.25 bits per heavy atom. The highest BCUT2D eigenvalue weighted by atomic mass is 16.5. The number of benzene rings is 2. The number of fused-ring (bicyclic) bond motifs is 1. The molecule has 0 amide bonds. The molecule has 2 unspecified atom stereocenters. The first-order valence-electron chi connectivity index (χ1n) is 10.1. The fourth-order valence-electron chi connectivity index (χ4n) is 4.08. The summed E-state index contributed by atoms with van der Waals surface area (Å²) >= 11 is 0. The van der Waals surface area contributed by atoms with Gasteiger partial charge in [0.15, 0.2) is 23.3 Å². The van der Waals surface area contributed by atoms with Crippen molar-refractivity contribution in [2.24, 2.45) is 0 Å². The SMILES string of the molecule is CCCC(Oc1cc[c]cc1OC)N1CCCCC1c1noc2ccccc12. The molecule has 1 aliphatic rings. The van der Waals surface area contributed by atoms with E-state index in [0.29, 0.717) is 5.75 Å². The second kappa shape index (κ2) is 8.65. The highest BCUT2D eigenvalue weighted by Crippen LogP contribution is 2.38. The van der Waals surface area contributed by atoms with Gasteiger partial charge in [0.25, 0.3) is 0 Å². The number of ether oxygens (including phenoxy) is 2. The molecule has 1 fully saturated rings. The Hall–Kier alpha value is -2.53. The average molecular weight is 379 g/mol. The van der Waals surface area contributed by atoms with E-state index in [9.17, 15) is 0 Å². The van der Waals surface area contributed by atoms with Crippen LogP contribution in [0.5, 0.6) is 11.5 Å². The standard InChI is InChI=1S/C23H27N2O3/c1-3-10-22(27-21-15-7-6-14-20(21)26-2)25-16-9-8-12-18(25)23-17-11-4-5-13-19(17)28-24-23/h4-5,7,11,13-15,18,22H,3,8-10,12,16H2,1-2H3. The van der Waals surface area contributed by atoms with Crippen LogP contribution in [0.1, 0.15) is 50.8 Å². The molecule has 1 aliphatic heterocycles. The molecule has 147 valence electrons. The van der Waals surface area contributed by atoms with Gasteiger partial charge in [-0.2, -0.15) is 0 Å². The third-order valence-electron chi connectivity index (χ3n) is 5.44. The van der Waals surface area contributed by atoms with Gasteiger partial charge in [0, 0.05) is 11.9 Å². The van der Waals surface area contributed by atoms with E-state index in [1.807, 2.05) is 36.4 Å². The van der Waals surface area contributed by atoms with E-state index in [0.717, 1.165) is 54.6 Å². The van der Waals surface area contributed by atoms with Crippen molar-refractivity contribution in [3.63, 3.8) is 0 Å². The fraction of sp³-hybridized carbons (Fsp3) is 0.435. The van der Waals surface area contributed by atoms with Crippen molar-refractivity contribution in [1.82, 2.24) is 10.1 Å². The predicted octanol–water partition coefficient (Wildman–Crippen LogP) is 5.37. The monoisotopic (exact) mass is 379 g/mol. The van der Waals surface area contributed by atoms with Gasteiger partial charge in [-0.1, -0.05) is 43.1 Å². The lowest BCUT2D eigenvalue weighted by molar-refractivity contribution is -0.0320. The van der Waals surface area contributed by atoms with Crippen LogP contribution in [0.3, 0.4) is 0 Å². The Morgan fingerprint density at radius 2 is 2.14 bits per heavy atom. The van der Waals surface area contributed by atoms with Gasteiger partial charge < -0.3 is 14.0 Å². The Balaban J connectivity index is 1.65. The first kappa shape index (κ1) is 18.8. The highest BCUT2D eigenvalue weighted by Gasteiger charge is 2.34. The van der Waals surface area contributed by atoms with E-state index in [2.05, 4.69) is 29.1 Å². The molecule has 2 atom stereocenters.